The molecule has 0 aromatic rings. The molecule has 0 aromatic carbocycles. The van der Waals surface area contributed by atoms with Crippen molar-refractivity contribution in [2.24, 2.45) is 0 Å². The van der Waals surface area contributed by atoms with Gasteiger partial charge in [0.05, 0.1) is 40.3 Å². The predicted molar refractivity (Wildman–Crippen MR) is 66.5 cm³/mol. The van der Waals surface area contributed by atoms with Crippen LogP contribution in [0.25, 0.3) is 0 Å². The Balaban J connectivity index is 0. The van der Waals surface area contributed by atoms with Gasteiger partial charge in [-0.05, 0) is 13.8 Å². The van der Waals surface area contributed by atoms with Gasteiger partial charge in [-0.3, -0.25) is 9.59 Å². The van der Waals surface area contributed by atoms with Gasteiger partial charge in [0.2, 0.25) is 0 Å². The van der Waals surface area contributed by atoms with Crippen LogP contribution in [0.1, 0.15) is 26.7 Å². The highest BCUT2D eigenvalue weighted by Gasteiger charge is 2.14. The number of hydrogen-bond donors (Lipinski definition) is 0. The molecular formula is C12H20O8. The molecular weight excluding hydrogens is 272 g/mol. The van der Waals surface area contributed by atoms with Crippen molar-refractivity contribution in [2.75, 3.05) is 27.4 Å². The fourth-order valence-corrected chi connectivity index (χ4v) is 0.788. The van der Waals surface area contributed by atoms with E-state index in [4.69, 9.17) is 0 Å². The molecule has 0 N–H and O–H groups in total. The molecule has 0 bridgehead atoms. The van der Waals surface area contributed by atoms with Crippen LogP contribution in [0, 0.1) is 0 Å². The molecule has 20 heavy (non-hydrogen) atoms. The lowest BCUT2D eigenvalue weighted by molar-refractivity contribution is -0.167. The van der Waals surface area contributed by atoms with Crippen molar-refractivity contribution in [2.45, 2.75) is 26.7 Å². The van der Waals surface area contributed by atoms with Crippen LogP contribution in [-0.4, -0.2) is 51.3 Å². The molecule has 0 aliphatic carbocycles. The van der Waals surface area contributed by atoms with Crippen LogP contribution >= 0.6 is 0 Å². The molecule has 0 aliphatic rings. The Morgan fingerprint density at radius 1 is 0.700 bits per heavy atom. The van der Waals surface area contributed by atoms with Gasteiger partial charge in [0.25, 0.3) is 0 Å². The van der Waals surface area contributed by atoms with Gasteiger partial charge in [-0.1, -0.05) is 0 Å². The second-order valence-corrected chi connectivity index (χ2v) is 3.09. The minimum atomic E-state index is -0.927. The molecule has 0 saturated carbocycles. The molecule has 0 aliphatic heterocycles. The van der Waals surface area contributed by atoms with Crippen molar-refractivity contribution in [3.05, 3.63) is 0 Å². The van der Waals surface area contributed by atoms with Crippen molar-refractivity contribution >= 4 is 23.9 Å². The molecule has 0 spiro atoms. The van der Waals surface area contributed by atoms with E-state index in [1.165, 1.54) is 14.2 Å². The lowest BCUT2D eigenvalue weighted by atomic mass is 10.3. The molecule has 0 rings (SSSR count). The van der Waals surface area contributed by atoms with Gasteiger partial charge < -0.3 is 18.9 Å². The molecule has 0 unspecified atom stereocenters. The molecule has 0 aromatic heterocycles. The molecule has 0 heterocycles. The summed E-state index contributed by atoms with van der Waals surface area (Å²) in [5.74, 6) is -2.65. The Labute approximate surface area is 117 Å². The third-order valence-electron chi connectivity index (χ3n) is 1.71. The largest absolute Gasteiger partial charge is 0.469 e. The van der Waals surface area contributed by atoms with Crippen LogP contribution in [0.15, 0.2) is 0 Å². The van der Waals surface area contributed by atoms with Gasteiger partial charge in [0.15, 0.2) is 0 Å². The first-order chi connectivity index (χ1) is 9.42. The van der Waals surface area contributed by atoms with E-state index in [0.717, 1.165) is 0 Å². The normalized spacial score (nSPS) is 8.60. The average molecular weight is 292 g/mol. The van der Waals surface area contributed by atoms with E-state index in [0.29, 0.717) is 0 Å². The van der Waals surface area contributed by atoms with Crippen LogP contribution in [0.4, 0.5) is 0 Å². The van der Waals surface area contributed by atoms with Crippen molar-refractivity contribution in [1.29, 1.82) is 0 Å². The number of rotatable bonds is 5. The fourth-order valence-electron chi connectivity index (χ4n) is 0.788. The Bertz CT molecular complexity index is 291. The van der Waals surface area contributed by atoms with Gasteiger partial charge in [-0.2, -0.15) is 0 Å². The monoisotopic (exact) mass is 292 g/mol. The number of methoxy groups -OCH3 is 2. The highest BCUT2D eigenvalue weighted by Crippen LogP contribution is 1.92. The van der Waals surface area contributed by atoms with Crippen molar-refractivity contribution in [3.8, 4) is 0 Å². The van der Waals surface area contributed by atoms with Crippen LogP contribution in [-0.2, 0) is 38.1 Å². The Morgan fingerprint density at radius 2 is 1.00 bits per heavy atom. The highest BCUT2D eigenvalue weighted by atomic mass is 16.6. The maximum absolute atomic E-state index is 10.4. The van der Waals surface area contributed by atoms with Crippen molar-refractivity contribution < 1.29 is 38.1 Å². The molecule has 8 nitrogen and oxygen atoms in total. The molecule has 0 amide bonds. The summed E-state index contributed by atoms with van der Waals surface area (Å²) < 4.78 is 17.3. The number of esters is 4. The standard InChI is InChI=1S/2C6H10O4/c1-9-5(7)3-4-6(8)10-2;1-3-9-5(7)6(8)10-4-2/h2*3-4H2,1-2H3. The van der Waals surface area contributed by atoms with Gasteiger partial charge in [-0.25, -0.2) is 9.59 Å². The highest BCUT2D eigenvalue weighted by molar-refractivity contribution is 6.29. The number of carbonyl (C=O) groups is 4. The maximum Gasteiger partial charge on any atom is 0.417 e. The quantitative estimate of drug-likeness (QED) is 0.402. The summed E-state index contributed by atoms with van der Waals surface area (Å²) >= 11 is 0. The lowest BCUT2D eigenvalue weighted by Crippen LogP contribution is -2.19. The zero-order valence-corrected chi connectivity index (χ0v) is 12.1. The minimum Gasteiger partial charge on any atom is -0.469 e. The summed E-state index contributed by atoms with van der Waals surface area (Å²) in [6.07, 6.45) is 0.173. The third kappa shape index (κ3) is 12.3. The molecule has 116 valence electrons. The summed E-state index contributed by atoms with van der Waals surface area (Å²) in [6, 6.07) is 0. The summed E-state index contributed by atoms with van der Waals surface area (Å²) in [7, 11) is 2.55. The van der Waals surface area contributed by atoms with E-state index >= 15 is 0 Å². The van der Waals surface area contributed by atoms with Crippen LogP contribution in [0.3, 0.4) is 0 Å². The molecule has 0 saturated heterocycles. The third-order valence-corrected chi connectivity index (χ3v) is 1.71. The topological polar surface area (TPSA) is 105 Å². The number of ether oxygens (including phenoxy) is 4. The van der Waals surface area contributed by atoms with E-state index in [9.17, 15) is 19.2 Å². The second kappa shape index (κ2) is 13.3. The lowest BCUT2D eigenvalue weighted by Gasteiger charge is -1.99. The average Bonchev–Trinajstić information content (AvgIpc) is 2.45. The van der Waals surface area contributed by atoms with Crippen LogP contribution in [0.5, 0.6) is 0 Å². The fraction of sp³-hybridized carbons (Fsp3) is 0.667. The van der Waals surface area contributed by atoms with Gasteiger partial charge in [0.1, 0.15) is 0 Å². The van der Waals surface area contributed by atoms with Crippen LogP contribution in [0.2, 0.25) is 0 Å². The van der Waals surface area contributed by atoms with E-state index in [1.54, 1.807) is 13.8 Å². The van der Waals surface area contributed by atoms with Gasteiger partial charge in [-0.15, -0.1) is 0 Å². The van der Waals surface area contributed by atoms with E-state index in [2.05, 4.69) is 18.9 Å². The maximum atomic E-state index is 10.4. The van der Waals surface area contributed by atoms with Gasteiger partial charge in [0, 0.05) is 0 Å². The van der Waals surface area contributed by atoms with E-state index < -0.39 is 23.9 Å². The first-order valence-corrected chi connectivity index (χ1v) is 5.90. The summed E-state index contributed by atoms with van der Waals surface area (Å²) in [5, 5.41) is 0. The Hall–Kier alpha value is -2.12. The smallest absolute Gasteiger partial charge is 0.417 e. The summed E-state index contributed by atoms with van der Waals surface area (Å²) in [5.41, 5.74) is 0. The summed E-state index contributed by atoms with van der Waals surface area (Å²) in [6.45, 7) is 3.63. The first-order valence-electron chi connectivity index (χ1n) is 5.90. The number of hydrogen-bond acceptors (Lipinski definition) is 8. The second-order valence-electron chi connectivity index (χ2n) is 3.09. The minimum absolute atomic E-state index is 0.0865. The van der Waals surface area contributed by atoms with Gasteiger partial charge >= 0.3 is 23.9 Å². The summed E-state index contributed by atoms with van der Waals surface area (Å²) in [4.78, 5) is 41.7. The molecule has 0 atom stereocenters. The zero-order chi connectivity index (χ0) is 16.0. The van der Waals surface area contributed by atoms with E-state index in [1.807, 2.05) is 0 Å². The Kier molecular flexibility index (Phi) is 13.4. The molecule has 8 heteroatoms. The zero-order valence-electron chi connectivity index (χ0n) is 12.1. The van der Waals surface area contributed by atoms with Crippen LogP contribution < -0.4 is 0 Å². The molecule has 0 radical (unpaired) electrons. The SMILES string of the molecule is CCOC(=O)C(=O)OCC.COC(=O)CCC(=O)OC. The van der Waals surface area contributed by atoms with Crippen molar-refractivity contribution in [1.82, 2.24) is 0 Å². The Morgan fingerprint density at radius 3 is 1.20 bits per heavy atom. The van der Waals surface area contributed by atoms with E-state index in [-0.39, 0.29) is 26.1 Å². The predicted octanol–water partition coefficient (Wildman–Crippen LogP) is 0.225. The molecule has 0 fully saturated rings. The first kappa shape index (κ1) is 20.2. The van der Waals surface area contributed by atoms with Crippen molar-refractivity contribution in [3.63, 3.8) is 0 Å². The number of carbonyl (C=O) groups excluding carboxylic acids is 4.